The predicted octanol–water partition coefficient (Wildman–Crippen LogP) is 4.17. The summed E-state index contributed by atoms with van der Waals surface area (Å²) in [4.78, 5) is 11.9. The number of carbonyl (C=O) groups excluding carboxylic acids is 1. The Bertz CT molecular complexity index is 750. The molecule has 0 saturated carbocycles. The van der Waals surface area contributed by atoms with Crippen LogP contribution in [-0.4, -0.2) is 13.1 Å². The average Bonchev–Trinajstić information content (AvgIpc) is 3.14. The number of carbonyl (C=O) groups is 1. The molecule has 0 N–H and O–H groups in total. The fraction of sp³-hybridized carbons (Fsp3) is 0.167. The Morgan fingerprint density at radius 2 is 1.88 bits per heavy atom. The zero-order valence-electron chi connectivity index (χ0n) is 12.9. The molecule has 0 saturated heterocycles. The molecule has 2 aromatic rings. The number of esters is 1. The second-order valence-electron chi connectivity index (χ2n) is 5.02. The highest BCUT2D eigenvalue weighted by Crippen LogP contribution is 2.37. The van der Waals surface area contributed by atoms with Crippen LogP contribution in [0.25, 0.3) is 0 Å². The highest BCUT2D eigenvalue weighted by molar-refractivity contribution is 14.1. The quantitative estimate of drug-likeness (QED) is 0.518. The van der Waals surface area contributed by atoms with Gasteiger partial charge in [-0.05, 0) is 40.3 Å². The van der Waals surface area contributed by atoms with Gasteiger partial charge >= 0.3 is 5.97 Å². The van der Waals surface area contributed by atoms with Crippen molar-refractivity contribution in [3.63, 3.8) is 0 Å². The van der Waals surface area contributed by atoms with Gasteiger partial charge in [-0.3, -0.25) is 0 Å². The molecule has 0 fully saturated rings. The minimum atomic E-state index is -0.645. The third-order valence-corrected chi connectivity index (χ3v) is 4.23. The van der Waals surface area contributed by atoms with Crippen LogP contribution in [0.1, 0.15) is 27.8 Å². The number of methoxy groups -OCH3 is 1. The first-order valence-corrected chi connectivity index (χ1v) is 8.31. The van der Waals surface area contributed by atoms with Crippen molar-refractivity contribution in [2.75, 3.05) is 7.11 Å². The van der Waals surface area contributed by atoms with E-state index in [1.54, 1.807) is 12.1 Å². The lowest BCUT2D eigenvalue weighted by molar-refractivity contribution is -0.0267. The standard InChI is InChI=1S/C18H15IO5/c1-21-17(20)13-9-14(18-22-7-8-23-18)16(15(19)10-13)24-11-12-5-3-2-4-6-12/h2-10,18H,11H2,1H3. The van der Waals surface area contributed by atoms with Gasteiger partial charge in [-0.15, -0.1) is 0 Å². The molecule has 0 aromatic heterocycles. The zero-order chi connectivity index (χ0) is 16.9. The van der Waals surface area contributed by atoms with Gasteiger partial charge in [0, 0.05) is 0 Å². The lowest BCUT2D eigenvalue weighted by Gasteiger charge is -2.18. The van der Waals surface area contributed by atoms with Gasteiger partial charge in [-0.2, -0.15) is 0 Å². The Hall–Kier alpha value is -2.22. The van der Waals surface area contributed by atoms with E-state index < -0.39 is 12.3 Å². The molecule has 124 valence electrons. The average molecular weight is 438 g/mol. The molecule has 24 heavy (non-hydrogen) atoms. The normalized spacial score (nSPS) is 13.2. The molecule has 0 aliphatic carbocycles. The molecule has 6 heteroatoms. The summed E-state index contributed by atoms with van der Waals surface area (Å²) < 4.78 is 22.4. The van der Waals surface area contributed by atoms with E-state index in [9.17, 15) is 4.79 Å². The van der Waals surface area contributed by atoms with E-state index in [-0.39, 0.29) is 0 Å². The lowest BCUT2D eigenvalue weighted by Crippen LogP contribution is -2.09. The van der Waals surface area contributed by atoms with Gasteiger partial charge in [-0.1, -0.05) is 30.3 Å². The van der Waals surface area contributed by atoms with Crippen molar-refractivity contribution in [2.24, 2.45) is 0 Å². The number of benzene rings is 2. The smallest absolute Gasteiger partial charge is 0.337 e. The maximum Gasteiger partial charge on any atom is 0.337 e. The van der Waals surface area contributed by atoms with Gasteiger partial charge in [0.25, 0.3) is 6.29 Å². The van der Waals surface area contributed by atoms with Gasteiger partial charge in [0.15, 0.2) is 0 Å². The van der Waals surface area contributed by atoms with Crippen molar-refractivity contribution in [1.82, 2.24) is 0 Å². The largest absolute Gasteiger partial charge is 0.487 e. The van der Waals surface area contributed by atoms with E-state index in [2.05, 4.69) is 22.6 Å². The second-order valence-corrected chi connectivity index (χ2v) is 6.18. The van der Waals surface area contributed by atoms with E-state index in [0.717, 1.165) is 9.13 Å². The number of hydrogen-bond donors (Lipinski definition) is 0. The third kappa shape index (κ3) is 3.64. The topological polar surface area (TPSA) is 54.0 Å². The van der Waals surface area contributed by atoms with E-state index >= 15 is 0 Å². The molecule has 0 unspecified atom stereocenters. The Labute approximate surface area is 153 Å². The molecular formula is C18H15IO5. The van der Waals surface area contributed by atoms with Gasteiger partial charge in [0.05, 0.1) is 21.8 Å². The summed E-state index contributed by atoms with van der Waals surface area (Å²) in [6, 6.07) is 13.2. The summed E-state index contributed by atoms with van der Waals surface area (Å²) in [5, 5.41) is 0. The van der Waals surface area contributed by atoms with Crippen LogP contribution in [0.15, 0.2) is 55.0 Å². The van der Waals surface area contributed by atoms with Crippen LogP contribution >= 0.6 is 22.6 Å². The van der Waals surface area contributed by atoms with E-state index in [1.165, 1.54) is 19.6 Å². The fourth-order valence-electron chi connectivity index (χ4n) is 2.29. The minimum absolute atomic E-state index is 0.404. The molecule has 0 radical (unpaired) electrons. The van der Waals surface area contributed by atoms with Crippen molar-refractivity contribution in [3.8, 4) is 5.75 Å². The Morgan fingerprint density at radius 3 is 2.54 bits per heavy atom. The van der Waals surface area contributed by atoms with E-state index in [1.807, 2.05) is 30.3 Å². The first-order chi connectivity index (χ1) is 11.7. The number of hydrogen-bond acceptors (Lipinski definition) is 5. The fourth-order valence-corrected chi connectivity index (χ4v) is 3.10. The molecule has 0 atom stereocenters. The summed E-state index contributed by atoms with van der Waals surface area (Å²) in [6.45, 7) is 0.404. The molecule has 0 bridgehead atoms. The predicted molar refractivity (Wildman–Crippen MR) is 95.3 cm³/mol. The Kier molecular flexibility index (Phi) is 5.24. The summed E-state index contributed by atoms with van der Waals surface area (Å²) in [6.07, 6.45) is 2.28. The molecule has 0 amide bonds. The van der Waals surface area contributed by atoms with Gasteiger partial charge < -0.3 is 18.9 Å². The molecule has 1 aliphatic heterocycles. The highest BCUT2D eigenvalue weighted by Gasteiger charge is 2.25. The summed E-state index contributed by atoms with van der Waals surface area (Å²) in [7, 11) is 1.35. The maximum absolute atomic E-state index is 11.9. The van der Waals surface area contributed by atoms with Gasteiger partial charge in [0.1, 0.15) is 24.9 Å². The molecule has 5 nitrogen and oxygen atoms in total. The second kappa shape index (κ2) is 7.57. The Morgan fingerprint density at radius 1 is 1.17 bits per heavy atom. The number of rotatable bonds is 5. The monoisotopic (exact) mass is 438 g/mol. The van der Waals surface area contributed by atoms with E-state index in [4.69, 9.17) is 18.9 Å². The minimum Gasteiger partial charge on any atom is -0.487 e. The third-order valence-electron chi connectivity index (χ3n) is 3.43. The SMILES string of the molecule is COC(=O)c1cc(I)c(OCc2ccccc2)c(C2OC=CO2)c1. The van der Waals surface area contributed by atoms with Crippen molar-refractivity contribution in [1.29, 1.82) is 0 Å². The molecule has 1 heterocycles. The van der Waals surface area contributed by atoms with Gasteiger partial charge in [-0.25, -0.2) is 4.79 Å². The summed E-state index contributed by atoms with van der Waals surface area (Å²) >= 11 is 2.13. The molecule has 2 aromatic carbocycles. The number of ether oxygens (including phenoxy) is 4. The van der Waals surface area contributed by atoms with Crippen LogP contribution in [0.2, 0.25) is 0 Å². The van der Waals surface area contributed by atoms with Crippen LogP contribution in [0.5, 0.6) is 5.75 Å². The summed E-state index contributed by atoms with van der Waals surface area (Å²) in [5.41, 5.74) is 2.11. The first kappa shape index (κ1) is 16.6. The van der Waals surface area contributed by atoms with Crippen LogP contribution in [0.3, 0.4) is 0 Å². The van der Waals surface area contributed by atoms with Crippen molar-refractivity contribution >= 4 is 28.6 Å². The highest BCUT2D eigenvalue weighted by atomic mass is 127. The van der Waals surface area contributed by atoms with Crippen molar-refractivity contribution in [3.05, 3.63) is 75.2 Å². The molecule has 0 spiro atoms. The maximum atomic E-state index is 11.9. The number of halogens is 1. The lowest BCUT2D eigenvalue weighted by atomic mass is 10.1. The first-order valence-electron chi connectivity index (χ1n) is 7.23. The van der Waals surface area contributed by atoms with Crippen molar-refractivity contribution in [2.45, 2.75) is 12.9 Å². The molecular weight excluding hydrogens is 423 g/mol. The zero-order valence-corrected chi connectivity index (χ0v) is 15.1. The van der Waals surface area contributed by atoms with Gasteiger partial charge in [0.2, 0.25) is 0 Å². The Balaban J connectivity index is 1.92. The summed E-state index contributed by atoms with van der Waals surface area (Å²) in [5.74, 6) is 0.204. The van der Waals surface area contributed by atoms with Crippen LogP contribution in [-0.2, 0) is 20.8 Å². The van der Waals surface area contributed by atoms with Crippen LogP contribution < -0.4 is 4.74 Å². The van der Waals surface area contributed by atoms with Crippen LogP contribution in [0, 0.1) is 3.57 Å². The van der Waals surface area contributed by atoms with Crippen molar-refractivity contribution < 1.29 is 23.7 Å². The molecule has 3 rings (SSSR count). The van der Waals surface area contributed by atoms with Crippen LogP contribution in [0.4, 0.5) is 0 Å². The van der Waals surface area contributed by atoms with E-state index in [0.29, 0.717) is 23.5 Å². The molecule has 1 aliphatic rings.